The van der Waals surface area contributed by atoms with E-state index in [1.165, 1.54) is 12.3 Å². The minimum atomic E-state index is -5.06. The minimum Gasteiger partial charge on any atom is -0.320 e. The number of likely N-dealkylation sites (tertiary alicyclic amines) is 1. The molecule has 0 bridgehead atoms. The van der Waals surface area contributed by atoms with E-state index in [9.17, 15) is 14.0 Å². The van der Waals surface area contributed by atoms with Gasteiger partial charge in [0.2, 0.25) is 0 Å². The van der Waals surface area contributed by atoms with E-state index in [1.807, 2.05) is 7.05 Å². The average Bonchev–Trinajstić information content (AvgIpc) is 2.72. The first-order valence-electron chi connectivity index (χ1n) is 5.95. The normalized spacial score (nSPS) is 23.7. The van der Waals surface area contributed by atoms with Crippen LogP contribution in [0, 0.1) is 0 Å². The third-order valence-electron chi connectivity index (χ3n) is 3.18. The van der Waals surface area contributed by atoms with Crippen LogP contribution in [0.3, 0.4) is 0 Å². The lowest BCUT2D eigenvalue weighted by molar-refractivity contribution is 0.267. The van der Waals surface area contributed by atoms with E-state index in [4.69, 9.17) is 9.79 Å². The number of rotatable bonds is 4. The molecule has 0 radical (unpaired) electrons. The summed E-state index contributed by atoms with van der Waals surface area (Å²) in [5, 5.41) is 0. The zero-order valence-electron chi connectivity index (χ0n) is 10.8. The van der Waals surface area contributed by atoms with Crippen LogP contribution in [0.4, 0.5) is 0 Å². The van der Waals surface area contributed by atoms with Crippen LogP contribution < -0.4 is 5.44 Å². The molecule has 10 heteroatoms. The van der Waals surface area contributed by atoms with Crippen molar-refractivity contribution in [1.82, 2.24) is 9.88 Å². The van der Waals surface area contributed by atoms with Gasteiger partial charge >= 0.3 is 15.4 Å². The lowest BCUT2D eigenvalue weighted by Gasteiger charge is -2.19. The Morgan fingerprint density at radius 2 is 2.05 bits per heavy atom. The zero-order chi connectivity index (χ0) is 15.0. The van der Waals surface area contributed by atoms with Crippen LogP contribution >= 0.6 is 15.4 Å². The summed E-state index contributed by atoms with van der Waals surface area (Å²) in [5.74, 6) is 0. The van der Waals surface area contributed by atoms with Gasteiger partial charge in [-0.2, -0.15) is 0 Å². The molecule has 3 N–H and O–H groups in total. The molecule has 0 aromatic carbocycles. The van der Waals surface area contributed by atoms with Gasteiger partial charge in [-0.3, -0.25) is 9.46 Å². The smallest absolute Gasteiger partial charge is 0.320 e. The van der Waals surface area contributed by atoms with E-state index in [1.54, 1.807) is 6.07 Å². The van der Waals surface area contributed by atoms with E-state index in [0.29, 0.717) is 0 Å². The molecular formula is C10H16N2O6P2. The first-order chi connectivity index (χ1) is 9.19. The quantitative estimate of drug-likeness (QED) is 0.695. The van der Waals surface area contributed by atoms with Crippen LogP contribution in [0.15, 0.2) is 18.3 Å². The third-order valence-corrected chi connectivity index (χ3v) is 5.76. The van der Waals surface area contributed by atoms with E-state index in [0.717, 1.165) is 24.9 Å². The maximum absolute atomic E-state index is 11.7. The predicted octanol–water partition coefficient (Wildman–Crippen LogP) is 0.768. The number of phosphoric acid groups is 1. The second kappa shape index (κ2) is 5.66. The summed E-state index contributed by atoms with van der Waals surface area (Å²) in [4.78, 5) is 32.7. The van der Waals surface area contributed by atoms with Crippen LogP contribution in [0.2, 0.25) is 0 Å². The number of pyridine rings is 1. The van der Waals surface area contributed by atoms with Crippen molar-refractivity contribution in [3.63, 3.8) is 0 Å². The topological polar surface area (TPSA) is 120 Å². The second-order valence-electron chi connectivity index (χ2n) is 4.68. The minimum absolute atomic E-state index is 0.206. The molecule has 2 rings (SSSR count). The van der Waals surface area contributed by atoms with Gasteiger partial charge in [-0.15, -0.1) is 0 Å². The molecule has 0 amide bonds. The molecule has 112 valence electrons. The Labute approximate surface area is 116 Å². The Kier molecular flexibility index (Phi) is 4.47. The van der Waals surface area contributed by atoms with Gasteiger partial charge in [-0.05, 0) is 38.1 Å². The van der Waals surface area contributed by atoms with Crippen molar-refractivity contribution in [1.29, 1.82) is 0 Å². The molecule has 0 aliphatic carbocycles. The Morgan fingerprint density at radius 1 is 1.35 bits per heavy atom. The Balaban J connectivity index is 2.19. The van der Waals surface area contributed by atoms with E-state index >= 15 is 0 Å². The van der Waals surface area contributed by atoms with Crippen molar-refractivity contribution in [2.24, 2.45) is 0 Å². The molecule has 1 aliphatic rings. The molecule has 1 saturated heterocycles. The molecule has 1 aliphatic heterocycles. The molecule has 8 nitrogen and oxygen atoms in total. The largest absolute Gasteiger partial charge is 0.477 e. The molecular weight excluding hydrogens is 306 g/mol. The van der Waals surface area contributed by atoms with Gasteiger partial charge in [-0.1, -0.05) is 6.07 Å². The molecule has 20 heavy (non-hydrogen) atoms. The van der Waals surface area contributed by atoms with E-state index < -0.39 is 15.4 Å². The van der Waals surface area contributed by atoms with Gasteiger partial charge in [0.1, 0.15) is 0 Å². The fraction of sp³-hybridized carbons (Fsp3) is 0.500. The molecule has 0 spiro atoms. The highest BCUT2D eigenvalue weighted by atomic mass is 31.3. The standard InChI is InChI=1S/C10H16N2O6P2/c1-12-6-2-3-9(12)8-4-5-10(11-7-8)19(13,14)18-20(15,16)17/h4-5,7,9H,2-3,6H2,1H3,(H,13,14)(H2,15,16,17). The highest BCUT2D eigenvalue weighted by Gasteiger charge is 2.34. The number of hydrogen-bond acceptors (Lipinski definition) is 5. The van der Waals surface area contributed by atoms with Crippen molar-refractivity contribution in [3.05, 3.63) is 23.9 Å². The predicted molar refractivity (Wildman–Crippen MR) is 71.4 cm³/mol. The summed E-state index contributed by atoms with van der Waals surface area (Å²) >= 11 is 0. The molecule has 1 aromatic heterocycles. The molecule has 1 aromatic rings. The Hall–Kier alpha value is -0.590. The van der Waals surface area contributed by atoms with Crippen molar-refractivity contribution in [2.45, 2.75) is 18.9 Å². The lowest BCUT2D eigenvalue weighted by Crippen LogP contribution is -2.19. The van der Waals surface area contributed by atoms with Gasteiger partial charge in [0.05, 0.1) is 0 Å². The van der Waals surface area contributed by atoms with Gasteiger partial charge in [0, 0.05) is 12.2 Å². The average molecular weight is 322 g/mol. The van der Waals surface area contributed by atoms with Crippen LogP contribution in [0.1, 0.15) is 24.4 Å². The van der Waals surface area contributed by atoms with Crippen LogP contribution in [0.25, 0.3) is 0 Å². The molecule has 1 fully saturated rings. The molecule has 2 heterocycles. The third kappa shape index (κ3) is 3.74. The number of aromatic nitrogens is 1. The van der Waals surface area contributed by atoms with Crippen LogP contribution in [-0.4, -0.2) is 38.2 Å². The fourth-order valence-electron chi connectivity index (χ4n) is 2.28. The maximum Gasteiger partial charge on any atom is 0.477 e. The number of hydrogen-bond donors (Lipinski definition) is 3. The van der Waals surface area contributed by atoms with Crippen molar-refractivity contribution in [2.75, 3.05) is 13.6 Å². The summed E-state index contributed by atoms with van der Waals surface area (Å²) in [5.41, 5.74) is 0.509. The van der Waals surface area contributed by atoms with Gasteiger partial charge < -0.3 is 14.7 Å². The molecule has 2 atom stereocenters. The van der Waals surface area contributed by atoms with Crippen LogP contribution in [0.5, 0.6) is 0 Å². The van der Waals surface area contributed by atoms with Crippen LogP contribution in [-0.2, 0) is 13.4 Å². The summed E-state index contributed by atoms with van der Waals surface area (Å²) < 4.78 is 26.2. The number of nitrogens with zero attached hydrogens (tertiary/aromatic N) is 2. The molecule has 2 unspecified atom stereocenters. The fourth-order valence-corrected chi connectivity index (χ4v) is 4.23. The van der Waals surface area contributed by atoms with Crippen molar-refractivity contribution in [3.8, 4) is 0 Å². The maximum atomic E-state index is 11.7. The summed E-state index contributed by atoms with van der Waals surface area (Å²) in [6, 6.07) is 3.09. The summed E-state index contributed by atoms with van der Waals surface area (Å²) in [6.07, 6.45) is 3.49. The summed E-state index contributed by atoms with van der Waals surface area (Å²) in [7, 11) is -7.69. The first-order valence-corrected chi connectivity index (χ1v) is 9.06. The van der Waals surface area contributed by atoms with E-state index in [2.05, 4.69) is 14.2 Å². The van der Waals surface area contributed by atoms with Crippen molar-refractivity contribution < 1.29 is 28.1 Å². The Morgan fingerprint density at radius 3 is 2.50 bits per heavy atom. The zero-order valence-corrected chi connectivity index (χ0v) is 12.6. The monoisotopic (exact) mass is 322 g/mol. The highest BCUT2D eigenvalue weighted by Crippen LogP contribution is 2.55. The highest BCUT2D eigenvalue weighted by molar-refractivity contribution is 7.68. The van der Waals surface area contributed by atoms with Gasteiger partial charge in [-0.25, -0.2) is 13.9 Å². The Bertz CT molecular complexity index is 572. The SMILES string of the molecule is CN1CCCC1c1ccc(P(=O)(O)OP(=O)(O)O)nc1. The first kappa shape index (κ1) is 15.8. The second-order valence-corrected chi connectivity index (χ2v) is 7.81. The summed E-state index contributed by atoms with van der Waals surface area (Å²) in [6.45, 7) is 0.978. The van der Waals surface area contributed by atoms with Gasteiger partial charge in [0.25, 0.3) is 0 Å². The van der Waals surface area contributed by atoms with Gasteiger partial charge in [0.15, 0.2) is 5.44 Å². The molecule has 0 saturated carbocycles. The van der Waals surface area contributed by atoms with Crippen molar-refractivity contribution >= 4 is 20.9 Å². The van der Waals surface area contributed by atoms with E-state index in [-0.39, 0.29) is 11.5 Å². The lowest BCUT2D eigenvalue weighted by atomic mass is 10.1.